The zero-order valence-electron chi connectivity index (χ0n) is 9.88. The van der Waals surface area contributed by atoms with E-state index in [1.165, 1.54) is 0 Å². The smallest absolute Gasteiger partial charge is 0.303 e. The van der Waals surface area contributed by atoms with Gasteiger partial charge in [-0.25, -0.2) is 13.2 Å². The quantitative estimate of drug-likeness (QED) is 0.612. The molecule has 0 atom stereocenters. The van der Waals surface area contributed by atoms with E-state index in [0.29, 0.717) is 0 Å². The van der Waals surface area contributed by atoms with Gasteiger partial charge in [0.05, 0.1) is 6.42 Å². The van der Waals surface area contributed by atoms with E-state index in [1.807, 2.05) is 0 Å². The van der Waals surface area contributed by atoms with Crippen LogP contribution in [0.25, 0.3) is 0 Å². The summed E-state index contributed by atoms with van der Waals surface area (Å²) in [7, 11) is 0. The topological polar surface area (TPSA) is 66.4 Å². The highest BCUT2D eigenvalue weighted by Gasteiger charge is 2.15. The van der Waals surface area contributed by atoms with Crippen molar-refractivity contribution in [2.45, 2.75) is 19.3 Å². The highest BCUT2D eigenvalue weighted by atomic mass is 19.2. The van der Waals surface area contributed by atoms with Crippen LogP contribution in [0.15, 0.2) is 12.1 Å². The number of benzene rings is 1. The summed E-state index contributed by atoms with van der Waals surface area (Å²) in [6, 6.07) is 1.73. The predicted octanol–water partition coefficient (Wildman–Crippen LogP) is 1.63. The van der Waals surface area contributed by atoms with Crippen LogP contribution in [0.2, 0.25) is 0 Å². The van der Waals surface area contributed by atoms with Gasteiger partial charge in [-0.15, -0.1) is 0 Å². The monoisotopic (exact) mass is 275 g/mol. The first-order valence-corrected chi connectivity index (χ1v) is 5.52. The number of halogens is 3. The lowest BCUT2D eigenvalue weighted by molar-refractivity contribution is -0.137. The van der Waals surface area contributed by atoms with Crippen molar-refractivity contribution in [2.24, 2.45) is 0 Å². The molecule has 0 fully saturated rings. The van der Waals surface area contributed by atoms with Gasteiger partial charge in [0.25, 0.3) is 0 Å². The SMILES string of the molecule is O=C(O)CCCNC(=O)Cc1ccc(F)c(F)c1F. The van der Waals surface area contributed by atoms with Crippen LogP contribution in [-0.4, -0.2) is 23.5 Å². The normalized spacial score (nSPS) is 10.3. The summed E-state index contributed by atoms with van der Waals surface area (Å²) >= 11 is 0. The maximum absolute atomic E-state index is 13.2. The number of hydrogen-bond acceptors (Lipinski definition) is 2. The molecule has 0 radical (unpaired) electrons. The van der Waals surface area contributed by atoms with Crippen molar-refractivity contribution in [3.63, 3.8) is 0 Å². The third-order valence-corrected chi connectivity index (χ3v) is 2.36. The minimum Gasteiger partial charge on any atom is -0.481 e. The number of hydrogen-bond donors (Lipinski definition) is 2. The third kappa shape index (κ3) is 4.61. The number of carboxylic acid groups (broad SMARTS) is 1. The molecule has 2 N–H and O–H groups in total. The Morgan fingerprint density at radius 2 is 1.84 bits per heavy atom. The molecule has 0 unspecified atom stereocenters. The van der Waals surface area contributed by atoms with Crippen molar-refractivity contribution < 1.29 is 27.9 Å². The highest BCUT2D eigenvalue weighted by molar-refractivity contribution is 5.78. The van der Waals surface area contributed by atoms with Gasteiger partial charge in [-0.3, -0.25) is 9.59 Å². The largest absolute Gasteiger partial charge is 0.481 e. The summed E-state index contributed by atoms with van der Waals surface area (Å²) in [5.41, 5.74) is -0.255. The summed E-state index contributed by atoms with van der Waals surface area (Å²) in [5, 5.41) is 10.7. The van der Waals surface area contributed by atoms with Crippen LogP contribution in [0.1, 0.15) is 18.4 Å². The summed E-state index contributed by atoms with van der Waals surface area (Å²) in [6.07, 6.45) is -0.294. The first-order chi connectivity index (χ1) is 8.91. The predicted molar refractivity (Wildman–Crippen MR) is 59.9 cm³/mol. The van der Waals surface area contributed by atoms with Crippen LogP contribution in [0.5, 0.6) is 0 Å². The van der Waals surface area contributed by atoms with E-state index in [4.69, 9.17) is 5.11 Å². The number of carbonyl (C=O) groups is 2. The molecule has 1 aromatic carbocycles. The Bertz CT molecular complexity index is 491. The first kappa shape index (κ1) is 15.0. The Balaban J connectivity index is 2.49. The molecule has 104 valence electrons. The molecule has 19 heavy (non-hydrogen) atoms. The summed E-state index contributed by atoms with van der Waals surface area (Å²) in [5.74, 6) is -5.89. The molecule has 0 aliphatic rings. The van der Waals surface area contributed by atoms with E-state index in [1.54, 1.807) is 0 Å². The second kappa shape index (κ2) is 6.77. The molecule has 7 heteroatoms. The van der Waals surface area contributed by atoms with Crippen LogP contribution in [0, 0.1) is 17.5 Å². The fourth-order valence-electron chi connectivity index (χ4n) is 1.41. The average molecular weight is 275 g/mol. The van der Waals surface area contributed by atoms with Crippen molar-refractivity contribution in [1.29, 1.82) is 0 Å². The van der Waals surface area contributed by atoms with Crippen LogP contribution < -0.4 is 5.32 Å². The van der Waals surface area contributed by atoms with Crippen LogP contribution in [0.3, 0.4) is 0 Å². The molecule has 0 bridgehead atoms. The van der Waals surface area contributed by atoms with Crippen molar-refractivity contribution in [3.05, 3.63) is 35.1 Å². The van der Waals surface area contributed by atoms with Gasteiger partial charge in [-0.05, 0) is 12.5 Å². The van der Waals surface area contributed by atoms with E-state index in [-0.39, 0.29) is 24.9 Å². The number of rotatable bonds is 6. The van der Waals surface area contributed by atoms with E-state index in [0.717, 1.165) is 12.1 Å². The summed E-state index contributed by atoms with van der Waals surface area (Å²) < 4.78 is 38.8. The van der Waals surface area contributed by atoms with E-state index < -0.39 is 35.7 Å². The van der Waals surface area contributed by atoms with E-state index in [2.05, 4.69) is 5.32 Å². The number of amides is 1. The van der Waals surface area contributed by atoms with Gasteiger partial charge in [-0.2, -0.15) is 0 Å². The minimum absolute atomic E-state index is 0.0974. The lowest BCUT2D eigenvalue weighted by Gasteiger charge is -2.06. The molecule has 0 aliphatic heterocycles. The molecule has 1 amide bonds. The van der Waals surface area contributed by atoms with Crippen LogP contribution in [-0.2, 0) is 16.0 Å². The Morgan fingerprint density at radius 1 is 1.16 bits per heavy atom. The molecule has 0 spiro atoms. The zero-order valence-corrected chi connectivity index (χ0v) is 9.88. The first-order valence-electron chi connectivity index (χ1n) is 5.52. The number of carboxylic acids is 1. The van der Waals surface area contributed by atoms with E-state index >= 15 is 0 Å². The second-order valence-corrected chi connectivity index (χ2v) is 3.86. The average Bonchev–Trinajstić information content (AvgIpc) is 2.35. The molecule has 1 rings (SSSR count). The van der Waals surface area contributed by atoms with Crippen molar-refractivity contribution in [1.82, 2.24) is 5.32 Å². The molecule has 0 aliphatic carbocycles. The number of carbonyl (C=O) groups excluding carboxylic acids is 1. The Kier molecular flexibility index (Phi) is 5.35. The molecule has 0 saturated carbocycles. The number of aliphatic carboxylic acids is 1. The Hall–Kier alpha value is -2.05. The van der Waals surface area contributed by atoms with Gasteiger partial charge in [0.1, 0.15) is 0 Å². The second-order valence-electron chi connectivity index (χ2n) is 3.86. The summed E-state index contributed by atoms with van der Waals surface area (Å²) in [4.78, 5) is 21.6. The molecule has 0 heterocycles. The molecular formula is C12H12F3NO3. The van der Waals surface area contributed by atoms with Crippen molar-refractivity contribution >= 4 is 11.9 Å². The van der Waals surface area contributed by atoms with Gasteiger partial charge < -0.3 is 10.4 Å². The van der Waals surface area contributed by atoms with Gasteiger partial charge in [0.2, 0.25) is 5.91 Å². The Morgan fingerprint density at radius 3 is 2.47 bits per heavy atom. The number of nitrogens with one attached hydrogen (secondary N) is 1. The van der Waals surface area contributed by atoms with Crippen molar-refractivity contribution in [2.75, 3.05) is 6.54 Å². The third-order valence-electron chi connectivity index (χ3n) is 2.36. The maximum Gasteiger partial charge on any atom is 0.303 e. The fraction of sp³-hybridized carbons (Fsp3) is 0.333. The molecule has 0 saturated heterocycles. The Labute approximate surface area is 107 Å². The lowest BCUT2D eigenvalue weighted by atomic mass is 10.1. The van der Waals surface area contributed by atoms with Gasteiger partial charge >= 0.3 is 5.97 Å². The lowest BCUT2D eigenvalue weighted by Crippen LogP contribution is -2.27. The molecule has 4 nitrogen and oxygen atoms in total. The standard InChI is InChI=1S/C12H12F3NO3/c13-8-4-3-7(11(14)12(8)15)6-9(17)16-5-1-2-10(18)19/h3-4H,1-2,5-6H2,(H,16,17)(H,18,19). The maximum atomic E-state index is 13.2. The summed E-state index contributed by atoms with van der Waals surface area (Å²) in [6.45, 7) is 0.121. The highest BCUT2D eigenvalue weighted by Crippen LogP contribution is 2.15. The van der Waals surface area contributed by atoms with Gasteiger partial charge in [0.15, 0.2) is 17.5 Å². The zero-order chi connectivity index (χ0) is 14.4. The van der Waals surface area contributed by atoms with E-state index in [9.17, 15) is 22.8 Å². The minimum atomic E-state index is -1.61. The molecule has 0 aromatic heterocycles. The van der Waals surface area contributed by atoms with Gasteiger partial charge in [0, 0.05) is 18.5 Å². The van der Waals surface area contributed by atoms with Crippen LogP contribution >= 0.6 is 0 Å². The molecular weight excluding hydrogens is 263 g/mol. The van der Waals surface area contributed by atoms with Gasteiger partial charge in [-0.1, -0.05) is 6.07 Å². The fourth-order valence-corrected chi connectivity index (χ4v) is 1.41. The van der Waals surface area contributed by atoms with Crippen LogP contribution in [0.4, 0.5) is 13.2 Å². The van der Waals surface area contributed by atoms with Crippen molar-refractivity contribution in [3.8, 4) is 0 Å². The molecule has 1 aromatic rings.